The molecule has 0 aliphatic rings. The van der Waals surface area contributed by atoms with Gasteiger partial charge in [0.25, 0.3) is 0 Å². The van der Waals surface area contributed by atoms with Crippen LogP contribution in [-0.4, -0.2) is 58.4 Å². The minimum Gasteiger partial charge on any atom is -0.476 e. The van der Waals surface area contributed by atoms with Gasteiger partial charge in [-0.1, -0.05) is 13.8 Å². The molecule has 0 amide bonds. The summed E-state index contributed by atoms with van der Waals surface area (Å²) in [7, 11) is 1.78. The molecule has 104 valence electrons. The monoisotopic (exact) mass is 264 g/mol. The molecule has 0 fully saturated rings. The number of ether oxygens (including phenoxy) is 1. The smallest absolute Gasteiger partial charge is 0.229 e. The van der Waals surface area contributed by atoms with E-state index in [9.17, 15) is 0 Å². The zero-order valence-corrected chi connectivity index (χ0v) is 11.6. The van der Waals surface area contributed by atoms with Crippen LogP contribution >= 0.6 is 0 Å². The molecular formula is C12H20N6O. The van der Waals surface area contributed by atoms with Gasteiger partial charge in [0.05, 0.1) is 6.20 Å². The molecule has 7 heteroatoms. The van der Waals surface area contributed by atoms with Gasteiger partial charge in [-0.15, -0.1) is 0 Å². The SMILES string of the molecule is CCN(CC)CCOc1nc(NC)nc2[nH]ncc12. The fourth-order valence-electron chi connectivity index (χ4n) is 1.84. The number of nitrogens with zero attached hydrogens (tertiary/aromatic N) is 4. The number of nitrogens with one attached hydrogen (secondary N) is 2. The first-order valence-corrected chi connectivity index (χ1v) is 6.52. The third-order valence-electron chi connectivity index (χ3n) is 3.04. The van der Waals surface area contributed by atoms with Crippen LogP contribution in [0, 0.1) is 0 Å². The van der Waals surface area contributed by atoms with Crippen LogP contribution in [0.1, 0.15) is 13.8 Å². The van der Waals surface area contributed by atoms with Gasteiger partial charge in [0.1, 0.15) is 12.0 Å². The van der Waals surface area contributed by atoms with Crippen molar-refractivity contribution in [2.24, 2.45) is 0 Å². The van der Waals surface area contributed by atoms with Crippen molar-refractivity contribution in [1.82, 2.24) is 25.1 Å². The van der Waals surface area contributed by atoms with Gasteiger partial charge in [-0.2, -0.15) is 15.1 Å². The molecule has 0 unspecified atom stereocenters. The summed E-state index contributed by atoms with van der Waals surface area (Å²) in [5, 5.41) is 10.5. The summed E-state index contributed by atoms with van der Waals surface area (Å²) in [5.74, 6) is 1.09. The Bertz CT molecular complexity index is 522. The second-order valence-electron chi connectivity index (χ2n) is 4.11. The molecule has 7 nitrogen and oxygen atoms in total. The van der Waals surface area contributed by atoms with E-state index in [4.69, 9.17) is 4.74 Å². The summed E-state index contributed by atoms with van der Waals surface area (Å²) in [6.07, 6.45) is 1.68. The van der Waals surface area contributed by atoms with Gasteiger partial charge in [-0.05, 0) is 13.1 Å². The molecule has 2 heterocycles. The third kappa shape index (κ3) is 3.11. The van der Waals surface area contributed by atoms with Crippen LogP contribution in [0.2, 0.25) is 0 Å². The first-order chi connectivity index (χ1) is 9.28. The predicted molar refractivity (Wildman–Crippen MR) is 74.5 cm³/mol. The molecule has 0 saturated heterocycles. The summed E-state index contributed by atoms with van der Waals surface area (Å²) in [4.78, 5) is 10.9. The Morgan fingerprint density at radius 1 is 1.32 bits per heavy atom. The zero-order valence-electron chi connectivity index (χ0n) is 11.6. The van der Waals surface area contributed by atoms with Gasteiger partial charge in [-0.25, -0.2) is 0 Å². The number of aromatic nitrogens is 4. The van der Waals surface area contributed by atoms with Crippen molar-refractivity contribution in [1.29, 1.82) is 0 Å². The molecule has 2 aromatic rings. The number of aromatic amines is 1. The molecule has 0 spiro atoms. The third-order valence-corrected chi connectivity index (χ3v) is 3.04. The second-order valence-corrected chi connectivity index (χ2v) is 4.11. The average Bonchev–Trinajstić information content (AvgIpc) is 2.91. The lowest BCUT2D eigenvalue weighted by molar-refractivity contribution is 0.219. The van der Waals surface area contributed by atoms with Crippen molar-refractivity contribution < 1.29 is 4.74 Å². The van der Waals surface area contributed by atoms with Gasteiger partial charge in [0, 0.05) is 13.6 Å². The number of fused-ring (bicyclic) bond motifs is 1. The molecule has 2 aromatic heterocycles. The van der Waals surface area contributed by atoms with Gasteiger partial charge in [0.2, 0.25) is 11.8 Å². The van der Waals surface area contributed by atoms with Crippen LogP contribution in [0.3, 0.4) is 0 Å². The summed E-state index contributed by atoms with van der Waals surface area (Å²) < 4.78 is 5.76. The van der Waals surface area contributed by atoms with Gasteiger partial charge >= 0.3 is 0 Å². The number of hydrogen-bond acceptors (Lipinski definition) is 6. The molecular weight excluding hydrogens is 244 g/mol. The van der Waals surface area contributed by atoms with Crippen molar-refractivity contribution in [3.63, 3.8) is 0 Å². The largest absolute Gasteiger partial charge is 0.476 e. The van der Waals surface area contributed by atoms with E-state index in [-0.39, 0.29) is 0 Å². The number of H-pyrrole nitrogens is 1. The highest BCUT2D eigenvalue weighted by molar-refractivity contribution is 5.80. The van der Waals surface area contributed by atoms with Crippen molar-refractivity contribution in [2.75, 3.05) is 38.6 Å². The highest BCUT2D eigenvalue weighted by atomic mass is 16.5. The number of hydrogen-bond donors (Lipinski definition) is 2. The fourth-order valence-corrected chi connectivity index (χ4v) is 1.84. The molecule has 0 atom stereocenters. The standard InChI is InChI=1S/C12H20N6O/c1-4-18(5-2)6-7-19-11-9-8-14-17-10(9)15-12(13-3)16-11/h8H,4-7H2,1-3H3,(H2,13,14,15,16,17). The average molecular weight is 264 g/mol. The minimum absolute atomic E-state index is 0.523. The Hall–Kier alpha value is -1.89. The van der Waals surface area contributed by atoms with Crippen LogP contribution in [0.15, 0.2) is 6.20 Å². The molecule has 2 N–H and O–H groups in total. The summed E-state index contributed by atoms with van der Waals surface area (Å²) >= 11 is 0. The molecule has 0 aromatic carbocycles. The van der Waals surface area contributed by atoms with Crippen LogP contribution < -0.4 is 10.1 Å². The first kappa shape index (κ1) is 13.5. The van der Waals surface area contributed by atoms with Crippen molar-refractivity contribution in [3.8, 4) is 5.88 Å². The van der Waals surface area contributed by atoms with Gasteiger partial charge in [-0.3, -0.25) is 5.10 Å². The topological polar surface area (TPSA) is 79.0 Å². The lowest BCUT2D eigenvalue weighted by Gasteiger charge is -2.17. The van der Waals surface area contributed by atoms with E-state index in [1.807, 2.05) is 0 Å². The lowest BCUT2D eigenvalue weighted by atomic mass is 10.4. The highest BCUT2D eigenvalue weighted by Crippen LogP contribution is 2.21. The van der Waals surface area contributed by atoms with Crippen molar-refractivity contribution in [2.45, 2.75) is 13.8 Å². The van der Waals surface area contributed by atoms with E-state index in [0.717, 1.165) is 25.0 Å². The summed E-state index contributed by atoms with van der Waals surface area (Å²) in [6.45, 7) is 7.80. The summed E-state index contributed by atoms with van der Waals surface area (Å²) in [5.41, 5.74) is 0.678. The molecule has 0 aliphatic carbocycles. The molecule has 19 heavy (non-hydrogen) atoms. The van der Waals surface area contributed by atoms with E-state index in [1.165, 1.54) is 0 Å². The van der Waals surface area contributed by atoms with E-state index in [1.54, 1.807) is 13.2 Å². The van der Waals surface area contributed by atoms with E-state index < -0.39 is 0 Å². The lowest BCUT2D eigenvalue weighted by Crippen LogP contribution is -2.28. The maximum Gasteiger partial charge on any atom is 0.229 e. The Labute approximate surface area is 112 Å². The maximum absolute atomic E-state index is 5.76. The Balaban J connectivity index is 2.08. The molecule has 0 saturated carbocycles. The Kier molecular flexibility index (Phi) is 4.51. The maximum atomic E-state index is 5.76. The minimum atomic E-state index is 0.523. The normalized spacial score (nSPS) is 11.2. The number of anilines is 1. The van der Waals surface area contributed by atoms with Crippen LogP contribution in [0.25, 0.3) is 11.0 Å². The number of likely N-dealkylation sites (N-methyl/N-ethyl adjacent to an activating group) is 1. The molecule has 0 aliphatic heterocycles. The van der Waals surface area contributed by atoms with Crippen LogP contribution in [-0.2, 0) is 0 Å². The predicted octanol–water partition coefficient (Wildman–Crippen LogP) is 1.12. The molecule has 2 rings (SSSR count). The van der Waals surface area contributed by atoms with E-state index in [0.29, 0.717) is 24.1 Å². The quantitative estimate of drug-likeness (QED) is 0.780. The Morgan fingerprint density at radius 2 is 2.11 bits per heavy atom. The molecule has 0 bridgehead atoms. The highest BCUT2D eigenvalue weighted by Gasteiger charge is 2.10. The Morgan fingerprint density at radius 3 is 2.79 bits per heavy atom. The summed E-state index contributed by atoms with van der Waals surface area (Å²) in [6, 6.07) is 0. The fraction of sp³-hybridized carbons (Fsp3) is 0.583. The van der Waals surface area contributed by atoms with Crippen LogP contribution in [0.4, 0.5) is 5.95 Å². The van der Waals surface area contributed by atoms with E-state index in [2.05, 4.69) is 44.2 Å². The van der Waals surface area contributed by atoms with Crippen molar-refractivity contribution in [3.05, 3.63) is 6.20 Å². The number of rotatable bonds is 7. The van der Waals surface area contributed by atoms with Gasteiger partial charge in [0.15, 0.2) is 5.65 Å². The second kappa shape index (κ2) is 6.33. The molecule has 0 radical (unpaired) electrons. The van der Waals surface area contributed by atoms with Gasteiger partial charge < -0.3 is 15.0 Å². The first-order valence-electron chi connectivity index (χ1n) is 6.52. The van der Waals surface area contributed by atoms with E-state index >= 15 is 0 Å². The van der Waals surface area contributed by atoms with Crippen molar-refractivity contribution >= 4 is 17.0 Å². The zero-order chi connectivity index (χ0) is 13.7. The van der Waals surface area contributed by atoms with Crippen LogP contribution in [0.5, 0.6) is 5.88 Å².